The van der Waals surface area contributed by atoms with Crippen LogP contribution in [-0.2, 0) is 6.54 Å². The maximum atomic E-state index is 12.6. The van der Waals surface area contributed by atoms with E-state index < -0.39 is 0 Å². The third-order valence-electron chi connectivity index (χ3n) is 4.41. The SMILES string of the molecule is Cc1nc(C(=O)N(C)C)c2n1-c1sc(Cl)cc1C(c1ccccc1Cl)=NC2. The van der Waals surface area contributed by atoms with E-state index in [1.165, 1.54) is 16.2 Å². The van der Waals surface area contributed by atoms with E-state index in [1.54, 1.807) is 14.1 Å². The molecule has 0 fully saturated rings. The van der Waals surface area contributed by atoms with Gasteiger partial charge in [0.1, 0.15) is 10.8 Å². The maximum absolute atomic E-state index is 12.6. The molecule has 0 saturated carbocycles. The third-order valence-corrected chi connectivity index (χ3v) is 5.98. The van der Waals surface area contributed by atoms with Gasteiger partial charge in [0.25, 0.3) is 5.91 Å². The molecule has 0 aliphatic carbocycles. The Morgan fingerprint density at radius 2 is 1.96 bits per heavy atom. The van der Waals surface area contributed by atoms with Crippen LogP contribution in [0, 0.1) is 6.92 Å². The van der Waals surface area contributed by atoms with Crippen LogP contribution in [0.25, 0.3) is 5.00 Å². The van der Waals surface area contributed by atoms with Gasteiger partial charge in [-0.15, -0.1) is 11.3 Å². The van der Waals surface area contributed by atoms with Crippen LogP contribution < -0.4 is 0 Å². The first-order chi connectivity index (χ1) is 12.9. The van der Waals surface area contributed by atoms with Crippen molar-refractivity contribution in [2.24, 2.45) is 4.99 Å². The Kier molecular flexibility index (Phi) is 4.58. The molecule has 4 rings (SSSR count). The molecule has 3 heterocycles. The normalized spacial score (nSPS) is 12.9. The molecule has 1 aromatic carbocycles. The van der Waals surface area contributed by atoms with Gasteiger partial charge in [-0.2, -0.15) is 0 Å². The predicted molar refractivity (Wildman–Crippen MR) is 110 cm³/mol. The zero-order valence-electron chi connectivity index (χ0n) is 15.0. The molecule has 0 atom stereocenters. The van der Waals surface area contributed by atoms with E-state index in [2.05, 4.69) is 4.98 Å². The molecule has 0 N–H and O–H groups in total. The number of imidazole rings is 1. The highest BCUT2D eigenvalue weighted by Gasteiger charge is 2.29. The van der Waals surface area contributed by atoms with Gasteiger partial charge in [0, 0.05) is 30.2 Å². The number of carbonyl (C=O) groups is 1. The van der Waals surface area contributed by atoms with Crippen molar-refractivity contribution in [1.29, 1.82) is 0 Å². The average molecular weight is 419 g/mol. The van der Waals surface area contributed by atoms with Crippen LogP contribution in [0.4, 0.5) is 0 Å². The largest absolute Gasteiger partial charge is 0.343 e. The number of fused-ring (bicyclic) bond motifs is 3. The molecule has 1 aliphatic heterocycles. The molecule has 5 nitrogen and oxygen atoms in total. The van der Waals surface area contributed by atoms with Crippen molar-refractivity contribution in [3.63, 3.8) is 0 Å². The van der Waals surface area contributed by atoms with Gasteiger partial charge in [0.05, 0.1) is 22.3 Å². The van der Waals surface area contributed by atoms with Crippen LogP contribution in [0.2, 0.25) is 9.36 Å². The Hall–Kier alpha value is -2.15. The summed E-state index contributed by atoms with van der Waals surface area (Å²) in [4.78, 5) is 23.5. The summed E-state index contributed by atoms with van der Waals surface area (Å²) >= 11 is 14.2. The minimum absolute atomic E-state index is 0.146. The second-order valence-electron chi connectivity index (χ2n) is 6.40. The Morgan fingerprint density at radius 1 is 1.22 bits per heavy atom. The van der Waals surface area contributed by atoms with E-state index in [1.807, 2.05) is 41.8 Å². The number of aromatic nitrogens is 2. The van der Waals surface area contributed by atoms with E-state index in [0.717, 1.165) is 33.4 Å². The lowest BCUT2D eigenvalue weighted by molar-refractivity contribution is 0.0821. The van der Waals surface area contributed by atoms with Crippen molar-refractivity contribution in [2.75, 3.05) is 14.1 Å². The molecule has 0 radical (unpaired) electrons. The van der Waals surface area contributed by atoms with Crippen LogP contribution in [0.15, 0.2) is 35.3 Å². The number of hydrogen-bond acceptors (Lipinski definition) is 4. The van der Waals surface area contributed by atoms with Gasteiger partial charge in [0.15, 0.2) is 5.69 Å². The summed E-state index contributed by atoms with van der Waals surface area (Å²) < 4.78 is 2.62. The van der Waals surface area contributed by atoms with E-state index in [4.69, 9.17) is 28.2 Å². The predicted octanol–water partition coefficient (Wildman–Crippen LogP) is 4.60. The fraction of sp³-hybridized carbons (Fsp3) is 0.211. The number of benzene rings is 1. The van der Waals surface area contributed by atoms with Crippen molar-refractivity contribution in [2.45, 2.75) is 13.5 Å². The molecule has 27 heavy (non-hydrogen) atoms. The molecule has 2 aromatic heterocycles. The average Bonchev–Trinajstić information content (AvgIpc) is 3.11. The van der Waals surface area contributed by atoms with Crippen molar-refractivity contribution >= 4 is 46.2 Å². The number of halogens is 2. The summed E-state index contributed by atoms with van der Waals surface area (Å²) in [7, 11) is 3.43. The molecule has 0 saturated heterocycles. The van der Waals surface area contributed by atoms with Gasteiger partial charge < -0.3 is 4.90 Å². The molecule has 1 aliphatic rings. The number of thiophene rings is 1. The number of amides is 1. The molecular formula is C19H16Cl2N4OS. The summed E-state index contributed by atoms with van der Waals surface area (Å²) in [5, 5.41) is 1.52. The second-order valence-corrected chi connectivity index (χ2v) is 8.47. The van der Waals surface area contributed by atoms with Crippen LogP contribution in [0.1, 0.15) is 33.1 Å². The number of hydrogen-bond donors (Lipinski definition) is 0. The Morgan fingerprint density at radius 3 is 2.67 bits per heavy atom. The number of rotatable bonds is 2. The second kappa shape index (κ2) is 6.78. The summed E-state index contributed by atoms with van der Waals surface area (Å²) in [5.41, 5.74) is 3.67. The molecule has 8 heteroatoms. The number of nitrogens with zero attached hydrogens (tertiary/aromatic N) is 4. The van der Waals surface area contributed by atoms with Gasteiger partial charge in [0.2, 0.25) is 0 Å². The van der Waals surface area contributed by atoms with Crippen LogP contribution in [-0.4, -0.2) is 40.2 Å². The van der Waals surface area contributed by atoms with E-state index >= 15 is 0 Å². The van der Waals surface area contributed by atoms with Gasteiger partial charge in [-0.3, -0.25) is 14.4 Å². The lowest BCUT2D eigenvalue weighted by Gasteiger charge is -2.10. The third kappa shape index (κ3) is 2.98. The highest BCUT2D eigenvalue weighted by molar-refractivity contribution is 7.19. The Bertz CT molecular complexity index is 1100. The van der Waals surface area contributed by atoms with Crippen molar-refractivity contribution in [3.05, 3.63) is 68.0 Å². The first-order valence-corrected chi connectivity index (χ1v) is 9.85. The highest BCUT2D eigenvalue weighted by atomic mass is 35.5. The summed E-state index contributed by atoms with van der Waals surface area (Å²) in [6.07, 6.45) is 0. The minimum Gasteiger partial charge on any atom is -0.343 e. The van der Waals surface area contributed by atoms with Crippen molar-refractivity contribution < 1.29 is 4.79 Å². The number of aryl methyl sites for hydroxylation is 1. The zero-order chi connectivity index (χ0) is 19.3. The molecule has 1 amide bonds. The summed E-state index contributed by atoms with van der Waals surface area (Å²) in [6.45, 7) is 2.21. The fourth-order valence-corrected chi connectivity index (χ4v) is 4.70. The quantitative estimate of drug-likeness (QED) is 0.610. The fourth-order valence-electron chi connectivity index (χ4n) is 3.19. The van der Waals surface area contributed by atoms with Crippen LogP contribution in [0.5, 0.6) is 0 Å². The lowest BCUT2D eigenvalue weighted by atomic mass is 10.0. The molecule has 0 unspecified atom stereocenters. The van der Waals surface area contributed by atoms with Crippen LogP contribution in [0.3, 0.4) is 0 Å². The first-order valence-electron chi connectivity index (χ1n) is 8.27. The summed E-state index contributed by atoms with van der Waals surface area (Å²) in [6, 6.07) is 9.48. The monoisotopic (exact) mass is 418 g/mol. The Labute approximate surface area is 170 Å². The van der Waals surface area contributed by atoms with Crippen molar-refractivity contribution in [3.8, 4) is 5.00 Å². The van der Waals surface area contributed by atoms with Crippen LogP contribution >= 0.6 is 34.5 Å². The molecule has 3 aromatic rings. The summed E-state index contributed by atoms with van der Waals surface area (Å²) in [5.74, 6) is 0.582. The Balaban J connectivity index is 1.98. The minimum atomic E-state index is -0.146. The molecule has 138 valence electrons. The smallest absolute Gasteiger partial charge is 0.273 e. The molecular weight excluding hydrogens is 403 g/mol. The zero-order valence-corrected chi connectivity index (χ0v) is 17.3. The topological polar surface area (TPSA) is 50.5 Å². The first kappa shape index (κ1) is 18.2. The van der Waals surface area contributed by atoms with Gasteiger partial charge >= 0.3 is 0 Å². The van der Waals surface area contributed by atoms with Gasteiger partial charge in [-0.05, 0) is 19.1 Å². The lowest BCUT2D eigenvalue weighted by Crippen LogP contribution is -2.23. The molecule has 0 spiro atoms. The number of aliphatic imine (C=N–C) groups is 1. The number of carbonyl (C=O) groups excluding carboxylic acids is 1. The maximum Gasteiger partial charge on any atom is 0.273 e. The van der Waals surface area contributed by atoms with E-state index in [9.17, 15) is 4.79 Å². The van der Waals surface area contributed by atoms with Crippen molar-refractivity contribution in [1.82, 2.24) is 14.5 Å². The van der Waals surface area contributed by atoms with Gasteiger partial charge in [-0.25, -0.2) is 4.98 Å². The highest BCUT2D eigenvalue weighted by Crippen LogP contribution is 2.37. The standard InChI is InChI=1S/C19H16Cl2N4OS/c1-10-23-17(18(26)24(2)3)14-9-22-16(11-6-4-5-7-13(11)20)12-8-15(21)27-19(12)25(10)14/h4-8H,9H2,1-3H3. The molecule has 0 bridgehead atoms. The van der Waals surface area contributed by atoms with E-state index in [-0.39, 0.29) is 5.91 Å². The van der Waals surface area contributed by atoms with Gasteiger partial charge in [-0.1, -0.05) is 41.4 Å². The van der Waals surface area contributed by atoms with E-state index in [0.29, 0.717) is 21.6 Å².